The smallest absolute Gasteiger partial charge is 0.227 e. The van der Waals surface area contributed by atoms with E-state index in [1.165, 1.54) is 0 Å². The molecule has 1 aromatic heterocycles. The molecule has 2 aromatic carbocycles. The number of hydrogen-bond acceptors (Lipinski definition) is 4. The molecule has 0 radical (unpaired) electrons. The molecule has 1 heterocycles. The monoisotopic (exact) mass is 439 g/mol. The van der Waals surface area contributed by atoms with Crippen molar-refractivity contribution in [3.63, 3.8) is 0 Å². The lowest BCUT2D eigenvalue weighted by Crippen LogP contribution is -2.12. The Bertz CT molecular complexity index is 897. The van der Waals surface area contributed by atoms with E-state index in [-0.39, 0.29) is 12.3 Å². The van der Waals surface area contributed by atoms with Gasteiger partial charge >= 0.3 is 0 Å². The van der Waals surface area contributed by atoms with Crippen LogP contribution in [0.5, 0.6) is 0 Å². The Kier molecular flexibility index (Phi) is 5.73. The van der Waals surface area contributed by atoms with Gasteiger partial charge in [0.1, 0.15) is 0 Å². The maximum absolute atomic E-state index is 12.1. The van der Waals surface area contributed by atoms with Crippen LogP contribution in [-0.4, -0.2) is 16.0 Å². The molecule has 0 spiro atoms. The first kappa shape index (κ1) is 17.9. The van der Waals surface area contributed by atoms with Gasteiger partial charge in [-0.1, -0.05) is 44.3 Å². The summed E-state index contributed by atoms with van der Waals surface area (Å²) >= 11 is 15.3. The highest BCUT2D eigenvalue weighted by Gasteiger charge is 2.12. The van der Waals surface area contributed by atoms with E-state index >= 15 is 0 Å². The standard InChI is InChI=1S/C17H12BrCl2N3O2/c18-11-3-1-10(2-4-11)17-22-16(25-23-17)8-7-15(24)21-14-9-12(19)5-6-13(14)20/h1-6,9H,7-8H2,(H,21,24). The van der Waals surface area contributed by atoms with Gasteiger partial charge in [0, 0.05) is 27.9 Å². The van der Waals surface area contributed by atoms with Crippen molar-refractivity contribution in [1.29, 1.82) is 0 Å². The van der Waals surface area contributed by atoms with Crippen molar-refractivity contribution in [2.45, 2.75) is 12.8 Å². The van der Waals surface area contributed by atoms with Crippen molar-refractivity contribution in [2.24, 2.45) is 0 Å². The van der Waals surface area contributed by atoms with Gasteiger partial charge in [-0.15, -0.1) is 0 Å². The number of aromatic nitrogens is 2. The highest BCUT2D eigenvalue weighted by atomic mass is 79.9. The van der Waals surface area contributed by atoms with E-state index in [4.69, 9.17) is 27.7 Å². The van der Waals surface area contributed by atoms with Gasteiger partial charge in [0.05, 0.1) is 10.7 Å². The summed E-state index contributed by atoms with van der Waals surface area (Å²) in [4.78, 5) is 16.4. The van der Waals surface area contributed by atoms with E-state index < -0.39 is 0 Å². The quantitative estimate of drug-likeness (QED) is 0.578. The summed E-state index contributed by atoms with van der Waals surface area (Å²) in [7, 11) is 0. The largest absolute Gasteiger partial charge is 0.339 e. The normalized spacial score (nSPS) is 10.7. The number of anilines is 1. The molecule has 0 aliphatic heterocycles. The summed E-state index contributed by atoms with van der Waals surface area (Å²) in [5.41, 5.74) is 1.31. The van der Waals surface area contributed by atoms with Crippen molar-refractivity contribution < 1.29 is 9.32 Å². The van der Waals surface area contributed by atoms with Crippen LogP contribution in [0.15, 0.2) is 51.5 Å². The van der Waals surface area contributed by atoms with Crippen LogP contribution >= 0.6 is 39.1 Å². The minimum absolute atomic E-state index is 0.185. The zero-order chi connectivity index (χ0) is 17.8. The summed E-state index contributed by atoms with van der Waals surface area (Å²) in [5.74, 6) is 0.665. The Balaban J connectivity index is 1.59. The molecule has 3 rings (SSSR count). The molecule has 0 bridgehead atoms. The lowest BCUT2D eigenvalue weighted by atomic mass is 10.2. The van der Waals surface area contributed by atoms with E-state index in [2.05, 4.69) is 31.4 Å². The molecule has 1 amide bonds. The maximum atomic E-state index is 12.1. The van der Waals surface area contributed by atoms with Gasteiger partial charge in [-0.2, -0.15) is 4.98 Å². The third-order valence-corrected chi connectivity index (χ3v) is 4.43. The third-order valence-electron chi connectivity index (χ3n) is 3.34. The number of carbonyl (C=O) groups is 1. The molecule has 0 saturated carbocycles. The number of amides is 1. The van der Waals surface area contributed by atoms with E-state index in [1.54, 1.807) is 18.2 Å². The number of nitrogens with one attached hydrogen (secondary N) is 1. The number of nitrogens with zero attached hydrogens (tertiary/aromatic N) is 2. The predicted octanol–water partition coefficient (Wildman–Crippen LogP) is 5.38. The van der Waals surface area contributed by atoms with Crippen LogP contribution in [0.1, 0.15) is 12.3 Å². The first-order valence-electron chi connectivity index (χ1n) is 7.35. The van der Waals surface area contributed by atoms with Gasteiger partial charge < -0.3 is 9.84 Å². The number of rotatable bonds is 5. The maximum Gasteiger partial charge on any atom is 0.227 e. The first-order valence-corrected chi connectivity index (χ1v) is 8.89. The predicted molar refractivity (Wildman–Crippen MR) is 101 cm³/mol. The second kappa shape index (κ2) is 7.99. The van der Waals surface area contributed by atoms with Crippen LogP contribution in [0, 0.1) is 0 Å². The van der Waals surface area contributed by atoms with Crippen molar-refractivity contribution in [3.8, 4) is 11.4 Å². The Morgan fingerprint density at radius 3 is 2.68 bits per heavy atom. The number of hydrogen-bond donors (Lipinski definition) is 1. The fourth-order valence-corrected chi connectivity index (χ4v) is 2.70. The van der Waals surface area contributed by atoms with E-state index in [9.17, 15) is 4.79 Å². The van der Waals surface area contributed by atoms with Crippen LogP contribution in [0.25, 0.3) is 11.4 Å². The highest BCUT2D eigenvalue weighted by molar-refractivity contribution is 9.10. The van der Waals surface area contributed by atoms with Crippen molar-refractivity contribution in [3.05, 3.63) is 62.9 Å². The Morgan fingerprint density at radius 1 is 1.16 bits per heavy atom. The Labute approximate surface area is 162 Å². The van der Waals surface area contributed by atoms with Gasteiger partial charge in [0.25, 0.3) is 0 Å². The molecule has 5 nitrogen and oxygen atoms in total. The fourth-order valence-electron chi connectivity index (χ4n) is 2.10. The number of aryl methyl sites for hydroxylation is 1. The van der Waals surface area contributed by atoms with Crippen LogP contribution in [0.4, 0.5) is 5.69 Å². The second-order valence-corrected chi connectivity index (χ2v) is 6.95. The van der Waals surface area contributed by atoms with Crippen molar-refractivity contribution in [1.82, 2.24) is 10.1 Å². The van der Waals surface area contributed by atoms with Crippen LogP contribution < -0.4 is 5.32 Å². The van der Waals surface area contributed by atoms with Crippen LogP contribution in [0.3, 0.4) is 0 Å². The fraction of sp³-hybridized carbons (Fsp3) is 0.118. The molecule has 8 heteroatoms. The lowest BCUT2D eigenvalue weighted by Gasteiger charge is -2.06. The SMILES string of the molecule is O=C(CCc1nc(-c2ccc(Br)cc2)no1)Nc1cc(Cl)ccc1Cl. The third kappa shape index (κ3) is 4.81. The molecule has 128 valence electrons. The lowest BCUT2D eigenvalue weighted by molar-refractivity contribution is -0.116. The molecule has 0 fully saturated rings. The van der Waals surface area contributed by atoms with Gasteiger partial charge in [0.2, 0.25) is 17.6 Å². The molecule has 0 saturated heterocycles. The Morgan fingerprint density at radius 2 is 1.92 bits per heavy atom. The number of halogens is 3. The molecular weight excluding hydrogens is 429 g/mol. The second-order valence-electron chi connectivity index (χ2n) is 5.19. The summed E-state index contributed by atoms with van der Waals surface area (Å²) in [6.07, 6.45) is 0.512. The zero-order valence-electron chi connectivity index (χ0n) is 12.8. The average molecular weight is 441 g/mol. The van der Waals surface area contributed by atoms with Gasteiger partial charge in [-0.3, -0.25) is 4.79 Å². The first-order chi connectivity index (χ1) is 12.0. The highest BCUT2D eigenvalue weighted by Crippen LogP contribution is 2.25. The van der Waals surface area contributed by atoms with Gasteiger partial charge in [0.15, 0.2) is 0 Å². The van der Waals surface area contributed by atoms with Gasteiger partial charge in [-0.25, -0.2) is 0 Å². The van der Waals surface area contributed by atoms with Crippen molar-refractivity contribution >= 4 is 50.7 Å². The molecular formula is C17H12BrCl2N3O2. The Hall–Kier alpha value is -1.89. The number of carbonyl (C=O) groups excluding carboxylic acids is 1. The zero-order valence-corrected chi connectivity index (χ0v) is 15.9. The molecule has 0 unspecified atom stereocenters. The molecule has 0 aliphatic carbocycles. The molecule has 3 aromatic rings. The number of benzene rings is 2. The van der Waals surface area contributed by atoms with Crippen LogP contribution in [0.2, 0.25) is 10.0 Å². The summed E-state index contributed by atoms with van der Waals surface area (Å²) in [6, 6.07) is 12.4. The van der Waals surface area contributed by atoms with Gasteiger partial charge in [-0.05, 0) is 42.5 Å². The van der Waals surface area contributed by atoms with Crippen molar-refractivity contribution in [2.75, 3.05) is 5.32 Å². The van der Waals surface area contributed by atoms with Crippen LogP contribution in [-0.2, 0) is 11.2 Å². The molecule has 25 heavy (non-hydrogen) atoms. The minimum Gasteiger partial charge on any atom is -0.339 e. The minimum atomic E-state index is -0.215. The average Bonchev–Trinajstić information content (AvgIpc) is 3.06. The topological polar surface area (TPSA) is 68.0 Å². The molecule has 1 N–H and O–H groups in total. The van der Waals surface area contributed by atoms with E-state index in [0.29, 0.717) is 33.9 Å². The molecule has 0 aliphatic rings. The summed E-state index contributed by atoms with van der Waals surface area (Å²) in [6.45, 7) is 0. The summed E-state index contributed by atoms with van der Waals surface area (Å²) < 4.78 is 6.16. The molecule has 0 atom stereocenters. The summed E-state index contributed by atoms with van der Waals surface area (Å²) in [5, 5.41) is 7.57. The van der Waals surface area contributed by atoms with E-state index in [0.717, 1.165) is 10.0 Å². The van der Waals surface area contributed by atoms with E-state index in [1.807, 2.05) is 24.3 Å².